The average molecular weight is 207 g/mol. The average Bonchev–Trinajstić information content (AvgIpc) is 2.25. The molecule has 4 nitrogen and oxygen atoms in total. The Morgan fingerprint density at radius 3 is 3.00 bits per heavy atom. The van der Waals surface area contributed by atoms with E-state index in [1.165, 1.54) is 0 Å². The molecule has 1 aromatic heterocycles. The highest BCUT2D eigenvalue weighted by molar-refractivity contribution is 5.76. The number of pyridine rings is 1. The quantitative estimate of drug-likeness (QED) is 0.721. The van der Waals surface area contributed by atoms with Crippen LogP contribution in [0, 0.1) is 5.92 Å². The van der Waals surface area contributed by atoms with Crippen molar-refractivity contribution in [3.63, 3.8) is 0 Å². The Labute approximate surface area is 89.9 Å². The van der Waals surface area contributed by atoms with Gasteiger partial charge in [0.1, 0.15) is 0 Å². The second kappa shape index (κ2) is 6.14. The molecule has 0 spiro atoms. The van der Waals surface area contributed by atoms with Crippen LogP contribution in [0.15, 0.2) is 24.5 Å². The summed E-state index contributed by atoms with van der Waals surface area (Å²) in [6, 6.07) is 3.88. The van der Waals surface area contributed by atoms with Gasteiger partial charge in [-0.05, 0) is 18.1 Å². The van der Waals surface area contributed by atoms with Crippen molar-refractivity contribution >= 4 is 5.91 Å². The summed E-state index contributed by atoms with van der Waals surface area (Å²) >= 11 is 0. The summed E-state index contributed by atoms with van der Waals surface area (Å²) in [5.74, 6) is -0.321. The first-order valence-corrected chi connectivity index (χ1v) is 5.13. The highest BCUT2D eigenvalue weighted by atomic mass is 16.1. The number of hydrogen-bond donors (Lipinski definition) is 2. The van der Waals surface area contributed by atoms with Gasteiger partial charge in [0, 0.05) is 31.4 Å². The number of carbonyl (C=O) groups is 1. The summed E-state index contributed by atoms with van der Waals surface area (Å²) in [7, 11) is 0. The van der Waals surface area contributed by atoms with Gasteiger partial charge in [-0.15, -0.1) is 0 Å². The standard InChI is InChI=1S/C11H17N3O/c1-2-10(11(12)15)8-14-7-9-4-3-5-13-6-9/h3-6,10,14H,2,7-8H2,1H3,(H2,12,15). The monoisotopic (exact) mass is 207 g/mol. The van der Waals surface area contributed by atoms with E-state index in [1.54, 1.807) is 12.4 Å². The molecule has 0 bridgehead atoms. The highest BCUT2D eigenvalue weighted by Gasteiger charge is 2.11. The van der Waals surface area contributed by atoms with Crippen LogP contribution in [-0.2, 0) is 11.3 Å². The molecule has 1 amide bonds. The van der Waals surface area contributed by atoms with Gasteiger partial charge in [0.2, 0.25) is 5.91 Å². The lowest BCUT2D eigenvalue weighted by atomic mass is 10.1. The second-order valence-corrected chi connectivity index (χ2v) is 3.50. The molecule has 0 fully saturated rings. The normalized spacial score (nSPS) is 12.3. The SMILES string of the molecule is CCC(CNCc1cccnc1)C(N)=O. The molecule has 1 aromatic rings. The molecule has 0 aliphatic heterocycles. The largest absolute Gasteiger partial charge is 0.369 e. The van der Waals surface area contributed by atoms with Crippen LogP contribution in [0.1, 0.15) is 18.9 Å². The van der Waals surface area contributed by atoms with Crippen molar-refractivity contribution in [3.05, 3.63) is 30.1 Å². The molecule has 15 heavy (non-hydrogen) atoms. The van der Waals surface area contributed by atoms with Gasteiger partial charge in [-0.1, -0.05) is 13.0 Å². The second-order valence-electron chi connectivity index (χ2n) is 3.50. The summed E-state index contributed by atoms with van der Waals surface area (Å²) in [5.41, 5.74) is 6.34. The van der Waals surface area contributed by atoms with E-state index in [0.717, 1.165) is 18.5 Å². The smallest absolute Gasteiger partial charge is 0.221 e. The molecule has 0 saturated heterocycles. The third-order valence-corrected chi connectivity index (χ3v) is 2.34. The fourth-order valence-electron chi connectivity index (χ4n) is 1.34. The van der Waals surface area contributed by atoms with E-state index in [1.807, 2.05) is 19.1 Å². The minimum atomic E-state index is -0.240. The number of nitrogens with two attached hydrogens (primary N) is 1. The number of carbonyl (C=O) groups excluding carboxylic acids is 1. The summed E-state index contributed by atoms with van der Waals surface area (Å²) < 4.78 is 0. The van der Waals surface area contributed by atoms with Crippen LogP contribution in [0.3, 0.4) is 0 Å². The van der Waals surface area contributed by atoms with E-state index >= 15 is 0 Å². The Balaban J connectivity index is 2.30. The Bertz CT molecular complexity index is 300. The lowest BCUT2D eigenvalue weighted by Crippen LogP contribution is -2.32. The fraction of sp³-hybridized carbons (Fsp3) is 0.455. The molecule has 1 heterocycles. The van der Waals surface area contributed by atoms with Crippen LogP contribution >= 0.6 is 0 Å². The minimum absolute atomic E-state index is 0.0818. The van der Waals surface area contributed by atoms with Crippen LogP contribution < -0.4 is 11.1 Å². The number of hydrogen-bond acceptors (Lipinski definition) is 3. The van der Waals surface area contributed by atoms with Gasteiger partial charge >= 0.3 is 0 Å². The predicted octanol–water partition coefficient (Wildman–Crippen LogP) is 0.683. The first-order chi connectivity index (χ1) is 7.24. The van der Waals surface area contributed by atoms with Gasteiger partial charge < -0.3 is 11.1 Å². The van der Waals surface area contributed by atoms with Crippen molar-refractivity contribution in [2.24, 2.45) is 11.7 Å². The van der Waals surface area contributed by atoms with E-state index in [2.05, 4.69) is 10.3 Å². The Kier molecular flexibility index (Phi) is 4.77. The van der Waals surface area contributed by atoms with Crippen molar-refractivity contribution in [1.29, 1.82) is 0 Å². The van der Waals surface area contributed by atoms with Gasteiger partial charge in [0.05, 0.1) is 0 Å². The third-order valence-electron chi connectivity index (χ3n) is 2.34. The lowest BCUT2D eigenvalue weighted by Gasteiger charge is -2.11. The van der Waals surface area contributed by atoms with Crippen molar-refractivity contribution in [1.82, 2.24) is 10.3 Å². The van der Waals surface area contributed by atoms with Crippen LogP contribution in [0.4, 0.5) is 0 Å². The Morgan fingerprint density at radius 1 is 1.67 bits per heavy atom. The van der Waals surface area contributed by atoms with Crippen molar-refractivity contribution in [2.45, 2.75) is 19.9 Å². The number of rotatable bonds is 6. The van der Waals surface area contributed by atoms with Crippen molar-refractivity contribution in [2.75, 3.05) is 6.54 Å². The molecule has 0 saturated carbocycles. The van der Waals surface area contributed by atoms with Gasteiger partial charge in [0.15, 0.2) is 0 Å². The maximum atomic E-state index is 10.9. The van der Waals surface area contributed by atoms with Crippen LogP contribution in [-0.4, -0.2) is 17.4 Å². The molecule has 82 valence electrons. The van der Waals surface area contributed by atoms with Crippen molar-refractivity contribution < 1.29 is 4.79 Å². The Hall–Kier alpha value is -1.42. The first-order valence-electron chi connectivity index (χ1n) is 5.13. The topological polar surface area (TPSA) is 68.0 Å². The van der Waals surface area contributed by atoms with Gasteiger partial charge in [-0.25, -0.2) is 0 Å². The highest BCUT2D eigenvalue weighted by Crippen LogP contribution is 2.00. The molecule has 0 aromatic carbocycles. The fourth-order valence-corrected chi connectivity index (χ4v) is 1.34. The Morgan fingerprint density at radius 2 is 2.47 bits per heavy atom. The zero-order chi connectivity index (χ0) is 11.1. The zero-order valence-electron chi connectivity index (χ0n) is 8.94. The van der Waals surface area contributed by atoms with E-state index in [9.17, 15) is 4.79 Å². The summed E-state index contributed by atoms with van der Waals surface area (Å²) in [6.07, 6.45) is 4.31. The van der Waals surface area contributed by atoms with Gasteiger partial charge in [-0.2, -0.15) is 0 Å². The molecule has 0 aliphatic rings. The van der Waals surface area contributed by atoms with Crippen LogP contribution in [0.25, 0.3) is 0 Å². The number of aromatic nitrogens is 1. The molecule has 4 heteroatoms. The predicted molar refractivity (Wildman–Crippen MR) is 58.9 cm³/mol. The van der Waals surface area contributed by atoms with E-state index in [0.29, 0.717) is 6.54 Å². The number of amides is 1. The maximum absolute atomic E-state index is 10.9. The number of nitrogens with zero attached hydrogens (tertiary/aromatic N) is 1. The molecule has 0 aliphatic carbocycles. The third kappa shape index (κ3) is 4.08. The molecule has 0 radical (unpaired) electrons. The van der Waals surface area contributed by atoms with E-state index in [-0.39, 0.29) is 11.8 Å². The van der Waals surface area contributed by atoms with Gasteiger partial charge in [-0.3, -0.25) is 9.78 Å². The molecular weight excluding hydrogens is 190 g/mol. The van der Waals surface area contributed by atoms with Crippen molar-refractivity contribution in [3.8, 4) is 0 Å². The van der Waals surface area contributed by atoms with Crippen LogP contribution in [0.5, 0.6) is 0 Å². The molecule has 1 atom stereocenters. The van der Waals surface area contributed by atoms with E-state index < -0.39 is 0 Å². The first kappa shape index (κ1) is 11.7. The molecular formula is C11H17N3O. The maximum Gasteiger partial charge on any atom is 0.221 e. The van der Waals surface area contributed by atoms with E-state index in [4.69, 9.17) is 5.73 Å². The summed E-state index contributed by atoms with van der Waals surface area (Å²) in [6.45, 7) is 3.31. The molecule has 3 N–H and O–H groups in total. The lowest BCUT2D eigenvalue weighted by molar-refractivity contribution is -0.121. The summed E-state index contributed by atoms with van der Waals surface area (Å²) in [5, 5.41) is 3.19. The van der Waals surface area contributed by atoms with Gasteiger partial charge in [0.25, 0.3) is 0 Å². The molecule has 1 rings (SSSR count). The van der Waals surface area contributed by atoms with Crippen LogP contribution in [0.2, 0.25) is 0 Å². The minimum Gasteiger partial charge on any atom is -0.369 e. The molecule has 1 unspecified atom stereocenters. The zero-order valence-corrected chi connectivity index (χ0v) is 8.94. The summed E-state index contributed by atoms with van der Waals surface area (Å²) in [4.78, 5) is 14.9. The number of primary amides is 1. The number of nitrogens with one attached hydrogen (secondary N) is 1.